The molecule has 2 aromatic rings. The zero-order valence-corrected chi connectivity index (χ0v) is 12.1. The summed E-state index contributed by atoms with van der Waals surface area (Å²) in [6, 6.07) is 10.5. The van der Waals surface area contributed by atoms with Crippen LogP contribution in [0.25, 0.3) is 10.9 Å². The number of ether oxygens (including phenoxy) is 2. The van der Waals surface area contributed by atoms with Gasteiger partial charge in [0.05, 0.1) is 18.7 Å². The summed E-state index contributed by atoms with van der Waals surface area (Å²) in [5, 5.41) is 1.21. The Hall–Kier alpha value is -1.49. The van der Waals surface area contributed by atoms with Crippen LogP contribution in [0, 0.1) is 0 Å². The molecular weight excluding hydrogens is 264 g/mol. The third kappa shape index (κ3) is 2.55. The highest BCUT2D eigenvalue weighted by Crippen LogP contribution is 2.32. The topological polar surface area (TPSA) is 34.6 Å². The Bertz CT molecular complexity index is 622. The van der Waals surface area contributed by atoms with Gasteiger partial charge in [-0.1, -0.05) is 24.3 Å². The quantitative estimate of drug-likeness (QED) is 0.849. The lowest BCUT2D eigenvalue weighted by molar-refractivity contribution is -0.185. The first-order valence-corrected chi connectivity index (χ1v) is 7.68. The molecule has 3 heterocycles. The van der Waals surface area contributed by atoms with E-state index in [9.17, 15) is 0 Å². The number of benzene rings is 1. The highest BCUT2D eigenvalue weighted by molar-refractivity contribution is 5.81. The number of fused-ring (bicyclic) bond motifs is 1. The van der Waals surface area contributed by atoms with Gasteiger partial charge in [-0.05, 0) is 11.6 Å². The molecule has 4 nitrogen and oxygen atoms in total. The summed E-state index contributed by atoms with van der Waals surface area (Å²) in [6.07, 6.45) is 3.80. The van der Waals surface area contributed by atoms with Crippen molar-refractivity contribution in [3.63, 3.8) is 0 Å². The van der Waals surface area contributed by atoms with E-state index in [1.807, 2.05) is 12.3 Å². The minimum Gasteiger partial charge on any atom is -0.347 e. The Morgan fingerprint density at radius 2 is 1.81 bits per heavy atom. The van der Waals surface area contributed by atoms with Crippen molar-refractivity contribution in [1.29, 1.82) is 0 Å². The zero-order chi connectivity index (χ0) is 14.1. The number of nitrogens with zero attached hydrogens (tertiary/aromatic N) is 2. The standard InChI is InChI=1S/C17H20N2O2/c1-3-14-5-2-8-18-16(14)15(4-1)13-19-9-6-17(7-10-19)20-11-12-21-17/h1-5,8H,6-7,9-13H2. The van der Waals surface area contributed by atoms with Crippen LogP contribution < -0.4 is 0 Å². The van der Waals surface area contributed by atoms with E-state index in [2.05, 4.69) is 34.1 Å². The van der Waals surface area contributed by atoms with Crippen LogP contribution >= 0.6 is 0 Å². The third-order valence-corrected chi connectivity index (χ3v) is 4.54. The largest absolute Gasteiger partial charge is 0.347 e. The van der Waals surface area contributed by atoms with Gasteiger partial charge in [0.1, 0.15) is 0 Å². The summed E-state index contributed by atoms with van der Waals surface area (Å²) in [4.78, 5) is 7.01. The van der Waals surface area contributed by atoms with Crippen LogP contribution in [0.2, 0.25) is 0 Å². The molecular formula is C17H20N2O2. The molecule has 2 saturated heterocycles. The van der Waals surface area contributed by atoms with Crippen molar-refractivity contribution in [1.82, 2.24) is 9.88 Å². The molecule has 0 N–H and O–H groups in total. The zero-order valence-electron chi connectivity index (χ0n) is 12.1. The molecule has 1 spiro atoms. The first kappa shape index (κ1) is 13.2. The number of aromatic nitrogens is 1. The predicted octanol–water partition coefficient (Wildman–Crippen LogP) is 2.57. The van der Waals surface area contributed by atoms with E-state index < -0.39 is 0 Å². The van der Waals surface area contributed by atoms with Crippen molar-refractivity contribution < 1.29 is 9.47 Å². The van der Waals surface area contributed by atoms with E-state index in [1.165, 1.54) is 10.9 Å². The van der Waals surface area contributed by atoms with Crippen molar-refractivity contribution in [3.05, 3.63) is 42.1 Å². The molecule has 2 fully saturated rings. The van der Waals surface area contributed by atoms with Gasteiger partial charge in [-0.25, -0.2) is 0 Å². The maximum absolute atomic E-state index is 5.79. The van der Waals surface area contributed by atoms with Gasteiger partial charge < -0.3 is 9.47 Å². The van der Waals surface area contributed by atoms with Crippen LogP contribution in [-0.2, 0) is 16.0 Å². The molecule has 1 aromatic carbocycles. The van der Waals surface area contributed by atoms with Gasteiger partial charge in [0.15, 0.2) is 5.79 Å². The number of para-hydroxylation sites is 1. The summed E-state index contributed by atoms with van der Waals surface area (Å²) < 4.78 is 11.6. The van der Waals surface area contributed by atoms with Crippen LogP contribution in [0.1, 0.15) is 18.4 Å². The highest BCUT2D eigenvalue weighted by atomic mass is 16.7. The number of piperidine rings is 1. The molecule has 0 atom stereocenters. The second kappa shape index (κ2) is 5.37. The predicted molar refractivity (Wildman–Crippen MR) is 80.9 cm³/mol. The Balaban J connectivity index is 1.49. The molecule has 2 aliphatic heterocycles. The molecule has 110 valence electrons. The van der Waals surface area contributed by atoms with Gasteiger partial charge in [-0.3, -0.25) is 9.88 Å². The summed E-state index contributed by atoms with van der Waals surface area (Å²) in [7, 11) is 0. The fourth-order valence-electron chi connectivity index (χ4n) is 3.37. The molecule has 4 rings (SSSR count). The van der Waals surface area contributed by atoms with Gasteiger partial charge in [-0.2, -0.15) is 0 Å². The second-order valence-electron chi connectivity index (χ2n) is 5.88. The van der Waals surface area contributed by atoms with Crippen molar-refractivity contribution in [2.45, 2.75) is 25.2 Å². The maximum atomic E-state index is 5.79. The summed E-state index contributed by atoms with van der Waals surface area (Å²) >= 11 is 0. The average molecular weight is 284 g/mol. The van der Waals surface area contributed by atoms with E-state index in [4.69, 9.17) is 9.47 Å². The number of hydrogen-bond acceptors (Lipinski definition) is 4. The number of likely N-dealkylation sites (tertiary alicyclic amines) is 1. The van der Waals surface area contributed by atoms with E-state index in [0.717, 1.165) is 51.2 Å². The van der Waals surface area contributed by atoms with Crippen LogP contribution in [0.4, 0.5) is 0 Å². The van der Waals surface area contributed by atoms with E-state index in [1.54, 1.807) is 0 Å². The molecule has 4 heteroatoms. The van der Waals surface area contributed by atoms with Crippen LogP contribution in [-0.4, -0.2) is 42.0 Å². The van der Waals surface area contributed by atoms with Gasteiger partial charge in [0.25, 0.3) is 0 Å². The molecule has 0 aliphatic carbocycles. The molecule has 2 aliphatic rings. The number of pyridine rings is 1. The van der Waals surface area contributed by atoms with Gasteiger partial charge in [-0.15, -0.1) is 0 Å². The summed E-state index contributed by atoms with van der Waals surface area (Å²) in [5.74, 6) is -0.284. The Kier molecular flexibility index (Phi) is 3.37. The van der Waals surface area contributed by atoms with E-state index in [-0.39, 0.29) is 5.79 Å². The van der Waals surface area contributed by atoms with E-state index in [0.29, 0.717) is 0 Å². The minimum atomic E-state index is -0.284. The Morgan fingerprint density at radius 3 is 2.62 bits per heavy atom. The van der Waals surface area contributed by atoms with Crippen LogP contribution in [0.15, 0.2) is 36.5 Å². The first-order chi connectivity index (χ1) is 10.3. The number of hydrogen-bond donors (Lipinski definition) is 0. The molecule has 0 amide bonds. The number of rotatable bonds is 2. The monoisotopic (exact) mass is 284 g/mol. The fraction of sp³-hybridized carbons (Fsp3) is 0.471. The van der Waals surface area contributed by atoms with Crippen molar-refractivity contribution in [3.8, 4) is 0 Å². The van der Waals surface area contributed by atoms with Crippen LogP contribution in [0.5, 0.6) is 0 Å². The lowest BCUT2D eigenvalue weighted by atomic mass is 10.0. The molecule has 1 aromatic heterocycles. The lowest BCUT2D eigenvalue weighted by Crippen LogP contribution is -2.44. The van der Waals surface area contributed by atoms with Gasteiger partial charge >= 0.3 is 0 Å². The Labute approximate surface area is 124 Å². The second-order valence-corrected chi connectivity index (χ2v) is 5.88. The Morgan fingerprint density at radius 1 is 1.05 bits per heavy atom. The lowest BCUT2D eigenvalue weighted by Gasteiger charge is -2.37. The van der Waals surface area contributed by atoms with Gasteiger partial charge in [0.2, 0.25) is 0 Å². The highest BCUT2D eigenvalue weighted by Gasteiger charge is 2.39. The van der Waals surface area contributed by atoms with Gasteiger partial charge in [0, 0.05) is 44.1 Å². The first-order valence-electron chi connectivity index (χ1n) is 7.68. The smallest absolute Gasteiger partial charge is 0.170 e. The summed E-state index contributed by atoms with van der Waals surface area (Å²) in [6.45, 7) is 4.47. The normalized spacial score (nSPS) is 22.1. The molecule has 0 unspecified atom stereocenters. The average Bonchev–Trinajstić information content (AvgIpc) is 2.99. The third-order valence-electron chi connectivity index (χ3n) is 4.54. The molecule has 0 saturated carbocycles. The van der Waals surface area contributed by atoms with Crippen molar-refractivity contribution >= 4 is 10.9 Å². The van der Waals surface area contributed by atoms with E-state index >= 15 is 0 Å². The van der Waals surface area contributed by atoms with Crippen LogP contribution in [0.3, 0.4) is 0 Å². The molecule has 21 heavy (non-hydrogen) atoms. The molecule has 0 radical (unpaired) electrons. The maximum Gasteiger partial charge on any atom is 0.170 e. The van der Waals surface area contributed by atoms with Crippen molar-refractivity contribution in [2.24, 2.45) is 0 Å². The SMILES string of the molecule is c1cnc2c(CN3CCC4(CC3)OCCO4)cccc2c1. The molecule has 0 bridgehead atoms. The fourth-order valence-corrected chi connectivity index (χ4v) is 3.37. The minimum absolute atomic E-state index is 0.284. The summed E-state index contributed by atoms with van der Waals surface area (Å²) in [5.41, 5.74) is 2.42. The van der Waals surface area contributed by atoms with Crippen molar-refractivity contribution in [2.75, 3.05) is 26.3 Å².